The van der Waals surface area contributed by atoms with Crippen LogP contribution in [0.5, 0.6) is 0 Å². The Labute approximate surface area is 86.8 Å². The van der Waals surface area contributed by atoms with E-state index in [4.69, 9.17) is 0 Å². The Hall–Kier alpha value is -1.05. The van der Waals surface area contributed by atoms with Gasteiger partial charge in [0.15, 0.2) is 0 Å². The maximum absolute atomic E-state index is 4.36. The van der Waals surface area contributed by atoms with Crippen LogP contribution < -0.4 is 5.32 Å². The van der Waals surface area contributed by atoms with E-state index in [0.29, 0.717) is 6.04 Å². The molecule has 0 aliphatic carbocycles. The molecule has 0 aliphatic heterocycles. The minimum atomic E-state index is 0.514. The Balaban J connectivity index is 2.65. The van der Waals surface area contributed by atoms with Gasteiger partial charge in [0.1, 0.15) is 5.82 Å². The number of aryl methyl sites for hydroxylation is 1. The molecule has 0 saturated carbocycles. The van der Waals surface area contributed by atoms with Crippen LogP contribution in [-0.4, -0.2) is 11.0 Å². The van der Waals surface area contributed by atoms with Gasteiger partial charge in [-0.25, -0.2) is 4.98 Å². The Morgan fingerprint density at radius 1 is 1.43 bits per heavy atom. The molecule has 2 nitrogen and oxygen atoms in total. The first-order valence-electron chi connectivity index (χ1n) is 5.48. The van der Waals surface area contributed by atoms with Gasteiger partial charge in [-0.3, -0.25) is 0 Å². The molecule has 0 spiro atoms. The zero-order valence-corrected chi connectivity index (χ0v) is 9.38. The van der Waals surface area contributed by atoms with Crippen molar-refractivity contribution in [3.8, 4) is 0 Å². The summed E-state index contributed by atoms with van der Waals surface area (Å²) < 4.78 is 0. The van der Waals surface area contributed by atoms with Crippen LogP contribution in [0.15, 0.2) is 18.3 Å². The fourth-order valence-electron chi connectivity index (χ4n) is 1.59. The van der Waals surface area contributed by atoms with E-state index in [1.807, 2.05) is 12.3 Å². The van der Waals surface area contributed by atoms with Gasteiger partial charge in [-0.15, -0.1) is 0 Å². The second-order valence-corrected chi connectivity index (χ2v) is 3.70. The zero-order chi connectivity index (χ0) is 10.4. The SMILES string of the molecule is CCCC(C)Nc1ncccc1CC. The smallest absolute Gasteiger partial charge is 0.129 e. The van der Waals surface area contributed by atoms with Crippen molar-refractivity contribution in [2.24, 2.45) is 0 Å². The second-order valence-electron chi connectivity index (χ2n) is 3.70. The maximum atomic E-state index is 4.36. The Morgan fingerprint density at radius 2 is 2.21 bits per heavy atom. The predicted molar refractivity (Wildman–Crippen MR) is 61.6 cm³/mol. The summed E-state index contributed by atoms with van der Waals surface area (Å²) in [5.74, 6) is 1.05. The fourth-order valence-corrected chi connectivity index (χ4v) is 1.59. The summed E-state index contributed by atoms with van der Waals surface area (Å²) in [6, 6.07) is 4.64. The topological polar surface area (TPSA) is 24.9 Å². The first-order valence-corrected chi connectivity index (χ1v) is 5.48. The number of nitrogens with one attached hydrogen (secondary N) is 1. The molecular formula is C12H20N2. The number of nitrogens with zero attached hydrogens (tertiary/aromatic N) is 1. The quantitative estimate of drug-likeness (QED) is 0.774. The largest absolute Gasteiger partial charge is 0.367 e. The second kappa shape index (κ2) is 5.63. The third-order valence-corrected chi connectivity index (χ3v) is 2.38. The van der Waals surface area contributed by atoms with Gasteiger partial charge in [-0.05, 0) is 31.4 Å². The number of aromatic nitrogens is 1. The molecule has 1 N–H and O–H groups in total. The van der Waals surface area contributed by atoms with E-state index < -0.39 is 0 Å². The maximum Gasteiger partial charge on any atom is 0.129 e. The lowest BCUT2D eigenvalue weighted by Crippen LogP contribution is -2.16. The summed E-state index contributed by atoms with van der Waals surface area (Å²) in [5, 5.41) is 3.45. The number of rotatable bonds is 5. The Morgan fingerprint density at radius 3 is 2.86 bits per heavy atom. The van der Waals surface area contributed by atoms with Gasteiger partial charge in [0.05, 0.1) is 0 Å². The number of anilines is 1. The van der Waals surface area contributed by atoms with Crippen molar-refractivity contribution in [1.82, 2.24) is 4.98 Å². The third-order valence-electron chi connectivity index (χ3n) is 2.38. The minimum absolute atomic E-state index is 0.514. The van der Waals surface area contributed by atoms with Crippen molar-refractivity contribution in [1.29, 1.82) is 0 Å². The van der Waals surface area contributed by atoms with Crippen molar-refractivity contribution in [2.45, 2.75) is 46.1 Å². The first-order chi connectivity index (χ1) is 6.77. The number of hydrogen-bond acceptors (Lipinski definition) is 2. The van der Waals surface area contributed by atoms with Gasteiger partial charge in [-0.1, -0.05) is 26.3 Å². The lowest BCUT2D eigenvalue weighted by atomic mass is 10.1. The van der Waals surface area contributed by atoms with Gasteiger partial charge < -0.3 is 5.32 Å². The van der Waals surface area contributed by atoms with Crippen LogP contribution in [0, 0.1) is 0 Å². The van der Waals surface area contributed by atoms with Crippen LogP contribution in [0.1, 0.15) is 39.2 Å². The average molecular weight is 192 g/mol. The zero-order valence-electron chi connectivity index (χ0n) is 9.38. The summed E-state index contributed by atoms with van der Waals surface area (Å²) in [4.78, 5) is 4.36. The minimum Gasteiger partial charge on any atom is -0.367 e. The lowest BCUT2D eigenvalue weighted by Gasteiger charge is -2.15. The molecule has 2 heteroatoms. The van der Waals surface area contributed by atoms with Gasteiger partial charge in [0.25, 0.3) is 0 Å². The summed E-state index contributed by atoms with van der Waals surface area (Å²) in [6.07, 6.45) is 5.29. The standard InChI is InChI=1S/C12H20N2/c1-4-7-10(3)14-12-11(5-2)8-6-9-13-12/h6,8-10H,4-5,7H2,1-3H3,(H,13,14). The van der Waals surface area contributed by atoms with E-state index in [0.717, 1.165) is 12.2 Å². The Bertz CT molecular complexity index is 271. The van der Waals surface area contributed by atoms with Crippen LogP contribution in [-0.2, 0) is 6.42 Å². The molecule has 0 bridgehead atoms. The van der Waals surface area contributed by atoms with E-state index in [1.54, 1.807) is 0 Å². The molecule has 0 radical (unpaired) electrons. The van der Waals surface area contributed by atoms with Crippen LogP contribution in [0.2, 0.25) is 0 Å². The lowest BCUT2D eigenvalue weighted by molar-refractivity contribution is 0.686. The van der Waals surface area contributed by atoms with Crippen molar-refractivity contribution in [3.63, 3.8) is 0 Å². The molecule has 1 atom stereocenters. The molecule has 14 heavy (non-hydrogen) atoms. The summed E-state index contributed by atoms with van der Waals surface area (Å²) >= 11 is 0. The molecule has 0 amide bonds. The fraction of sp³-hybridized carbons (Fsp3) is 0.583. The molecule has 1 heterocycles. The monoisotopic (exact) mass is 192 g/mol. The summed E-state index contributed by atoms with van der Waals surface area (Å²) in [7, 11) is 0. The van der Waals surface area contributed by atoms with Crippen molar-refractivity contribution < 1.29 is 0 Å². The predicted octanol–water partition coefficient (Wildman–Crippen LogP) is 3.24. The van der Waals surface area contributed by atoms with Crippen LogP contribution in [0.25, 0.3) is 0 Å². The average Bonchev–Trinajstić information content (AvgIpc) is 2.19. The number of hydrogen-bond donors (Lipinski definition) is 1. The molecule has 1 unspecified atom stereocenters. The van der Waals surface area contributed by atoms with Gasteiger partial charge in [0.2, 0.25) is 0 Å². The highest BCUT2D eigenvalue weighted by Crippen LogP contribution is 2.14. The first kappa shape index (κ1) is 11.0. The van der Waals surface area contributed by atoms with Gasteiger partial charge in [-0.2, -0.15) is 0 Å². The van der Waals surface area contributed by atoms with Gasteiger partial charge in [0, 0.05) is 12.2 Å². The molecule has 78 valence electrons. The van der Waals surface area contributed by atoms with E-state index in [2.05, 4.69) is 37.1 Å². The Kier molecular flexibility index (Phi) is 4.44. The van der Waals surface area contributed by atoms with Crippen LogP contribution in [0.4, 0.5) is 5.82 Å². The highest BCUT2D eigenvalue weighted by molar-refractivity contribution is 5.44. The highest BCUT2D eigenvalue weighted by atomic mass is 15.0. The van der Waals surface area contributed by atoms with E-state index >= 15 is 0 Å². The van der Waals surface area contributed by atoms with E-state index in [1.165, 1.54) is 18.4 Å². The molecule has 0 fully saturated rings. The van der Waals surface area contributed by atoms with Crippen molar-refractivity contribution >= 4 is 5.82 Å². The van der Waals surface area contributed by atoms with E-state index in [9.17, 15) is 0 Å². The molecular weight excluding hydrogens is 172 g/mol. The molecule has 1 aromatic heterocycles. The van der Waals surface area contributed by atoms with Crippen molar-refractivity contribution in [2.75, 3.05) is 5.32 Å². The summed E-state index contributed by atoms with van der Waals surface area (Å²) in [6.45, 7) is 6.57. The van der Waals surface area contributed by atoms with Gasteiger partial charge >= 0.3 is 0 Å². The highest BCUT2D eigenvalue weighted by Gasteiger charge is 2.04. The molecule has 0 aromatic carbocycles. The van der Waals surface area contributed by atoms with Crippen LogP contribution in [0.3, 0.4) is 0 Å². The normalized spacial score (nSPS) is 12.5. The molecule has 1 rings (SSSR count). The molecule has 1 aromatic rings. The third kappa shape index (κ3) is 3.02. The van der Waals surface area contributed by atoms with E-state index in [-0.39, 0.29) is 0 Å². The molecule has 0 aliphatic rings. The number of pyridine rings is 1. The summed E-state index contributed by atoms with van der Waals surface area (Å²) in [5.41, 5.74) is 1.30. The molecule has 0 saturated heterocycles. The van der Waals surface area contributed by atoms with Crippen LogP contribution >= 0.6 is 0 Å². The van der Waals surface area contributed by atoms with Crippen molar-refractivity contribution in [3.05, 3.63) is 23.9 Å².